The number of halogens is 1. The third kappa shape index (κ3) is 3.83. The third-order valence-corrected chi connectivity index (χ3v) is 3.14. The zero-order valence-electron chi connectivity index (χ0n) is 12.2. The highest BCUT2D eigenvalue weighted by Crippen LogP contribution is 2.20. The van der Waals surface area contributed by atoms with Crippen LogP contribution in [0, 0.1) is 6.92 Å². The Bertz CT molecular complexity index is 716. The molecule has 5 nitrogen and oxygen atoms in total. The molecule has 0 aliphatic rings. The molecule has 0 atom stereocenters. The normalized spacial score (nSPS) is 10.1. The number of aromatic nitrogens is 1. The van der Waals surface area contributed by atoms with Crippen molar-refractivity contribution >= 4 is 29.2 Å². The SMILES string of the molecule is CCOC(=O)c1cccc(C(=O)Nc2ccc(Cl)cc2C)n1. The van der Waals surface area contributed by atoms with Gasteiger partial charge in [-0.05, 0) is 49.7 Å². The van der Waals surface area contributed by atoms with E-state index in [9.17, 15) is 9.59 Å². The Morgan fingerprint density at radius 3 is 2.64 bits per heavy atom. The Kier molecular flexibility index (Phi) is 5.12. The van der Waals surface area contributed by atoms with Crippen molar-refractivity contribution in [1.82, 2.24) is 4.98 Å². The molecule has 1 amide bonds. The van der Waals surface area contributed by atoms with Gasteiger partial charge >= 0.3 is 5.97 Å². The minimum absolute atomic E-state index is 0.0994. The van der Waals surface area contributed by atoms with Gasteiger partial charge in [-0.25, -0.2) is 9.78 Å². The maximum Gasteiger partial charge on any atom is 0.356 e. The molecule has 0 unspecified atom stereocenters. The summed E-state index contributed by atoms with van der Waals surface area (Å²) in [5.74, 6) is -0.962. The standard InChI is InChI=1S/C16H15ClN2O3/c1-3-22-16(21)14-6-4-5-13(18-14)15(20)19-12-8-7-11(17)9-10(12)2/h4-9H,3H2,1-2H3,(H,19,20). The fourth-order valence-corrected chi connectivity index (χ4v) is 2.06. The van der Waals surface area contributed by atoms with Gasteiger partial charge in [0.05, 0.1) is 6.61 Å². The molecule has 114 valence electrons. The first kappa shape index (κ1) is 16.0. The summed E-state index contributed by atoms with van der Waals surface area (Å²) in [6.07, 6.45) is 0. The van der Waals surface area contributed by atoms with E-state index >= 15 is 0 Å². The molecule has 0 aliphatic heterocycles. The summed E-state index contributed by atoms with van der Waals surface area (Å²) < 4.78 is 4.87. The zero-order chi connectivity index (χ0) is 16.1. The number of aryl methyl sites for hydroxylation is 1. The molecule has 0 saturated heterocycles. The number of nitrogens with one attached hydrogen (secondary N) is 1. The van der Waals surface area contributed by atoms with Crippen LogP contribution in [0.15, 0.2) is 36.4 Å². The van der Waals surface area contributed by atoms with Crippen LogP contribution in [0.5, 0.6) is 0 Å². The largest absolute Gasteiger partial charge is 0.461 e. The van der Waals surface area contributed by atoms with Crippen molar-refractivity contribution in [3.8, 4) is 0 Å². The Morgan fingerprint density at radius 2 is 1.95 bits per heavy atom. The molecule has 1 aromatic carbocycles. The Labute approximate surface area is 133 Å². The van der Waals surface area contributed by atoms with E-state index in [2.05, 4.69) is 10.3 Å². The van der Waals surface area contributed by atoms with E-state index in [0.717, 1.165) is 5.56 Å². The van der Waals surface area contributed by atoms with Crippen LogP contribution in [0.4, 0.5) is 5.69 Å². The maximum absolute atomic E-state index is 12.2. The van der Waals surface area contributed by atoms with E-state index in [-0.39, 0.29) is 18.0 Å². The van der Waals surface area contributed by atoms with Crippen molar-refractivity contribution in [1.29, 1.82) is 0 Å². The lowest BCUT2D eigenvalue weighted by molar-refractivity contribution is 0.0519. The molecular formula is C16H15ClN2O3. The third-order valence-electron chi connectivity index (χ3n) is 2.90. The van der Waals surface area contributed by atoms with Crippen molar-refractivity contribution < 1.29 is 14.3 Å². The van der Waals surface area contributed by atoms with Crippen LogP contribution in [-0.4, -0.2) is 23.5 Å². The quantitative estimate of drug-likeness (QED) is 0.876. The topological polar surface area (TPSA) is 68.3 Å². The smallest absolute Gasteiger partial charge is 0.356 e. The predicted molar refractivity (Wildman–Crippen MR) is 84.3 cm³/mol. The predicted octanol–water partition coefficient (Wildman–Crippen LogP) is 3.47. The van der Waals surface area contributed by atoms with Crippen LogP contribution in [0.1, 0.15) is 33.5 Å². The lowest BCUT2D eigenvalue weighted by Crippen LogP contribution is -2.16. The highest BCUT2D eigenvalue weighted by molar-refractivity contribution is 6.30. The molecular weight excluding hydrogens is 304 g/mol. The first-order valence-corrected chi connectivity index (χ1v) is 7.10. The highest BCUT2D eigenvalue weighted by Gasteiger charge is 2.13. The minimum Gasteiger partial charge on any atom is -0.461 e. The maximum atomic E-state index is 12.2. The lowest BCUT2D eigenvalue weighted by Gasteiger charge is -2.09. The van der Waals surface area contributed by atoms with Crippen molar-refractivity contribution in [3.05, 3.63) is 58.4 Å². The monoisotopic (exact) mass is 318 g/mol. The number of anilines is 1. The van der Waals surface area contributed by atoms with Gasteiger partial charge in [0.25, 0.3) is 5.91 Å². The number of hydrogen-bond donors (Lipinski definition) is 1. The first-order valence-electron chi connectivity index (χ1n) is 6.73. The number of pyridine rings is 1. The number of nitrogens with zero attached hydrogens (tertiary/aromatic N) is 1. The van der Waals surface area contributed by atoms with Crippen molar-refractivity contribution in [2.45, 2.75) is 13.8 Å². The molecule has 1 aromatic heterocycles. The molecule has 0 spiro atoms. The van der Waals surface area contributed by atoms with Gasteiger partial charge in [0.2, 0.25) is 0 Å². The molecule has 0 radical (unpaired) electrons. The molecule has 6 heteroatoms. The van der Waals surface area contributed by atoms with E-state index < -0.39 is 11.9 Å². The van der Waals surface area contributed by atoms with Crippen LogP contribution in [0.25, 0.3) is 0 Å². The molecule has 0 aliphatic carbocycles. The molecule has 2 rings (SSSR count). The molecule has 1 N–H and O–H groups in total. The van der Waals surface area contributed by atoms with Gasteiger partial charge in [-0.2, -0.15) is 0 Å². The summed E-state index contributed by atoms with van der Waals surface area (Å²) in [6.45, 7) is 3.79. The molecule has 0 fully saturated rings. The van der Waals surface area contributed by atoms with Gasteiger partial charge in [-0.15, -0.1) is 0 Å². The second-order valence-electron chi connectivity index (χ2n) is 4.54. The summed E-state index contributed by atoms with van der Waals surface area (Å²) >= 11 is 5.88. The van der Waals surface area contributed by atoms with Crippen molar-refractivity contribution in [3.63, 3.8) is 0 Å². The fraction of sp³-hybridized carbons (Fsp3) is 0.188. The molecule has 2 aromatic rings. The number of hydrogen-bond acceptors (Lipinski definition) is 4. The number of carbonyl (C=O) groups excluding carboxylic acids is 2. The van der Waals surface area contributed by atoms with Crippen LogP contribution >= 0.6 is 11.6 Å². The van der Waals surface area contributed by atoms with Gasteiger partial charge in [-0.1, -0.05) is 17.7 Å². The second kappa shape index (κ2) is 7.04. The first-order chi connectivity index (χ1) is 10.5. The zero-order valence-corrected chi connectivity index (χ0v) is 13.0. The van der Waals surface area contributed by atoms with E-state index in [0.29, 0.717) is 10.7 Å². The Balaban J connectivity index is 2.19. The minimum atomic E-state index is -0.556. The van der Waals surface area contributed by atoms with Gasteiger partial charge in [0, 0.05) is 10.7 Å². The van der Waals surface area contributed by atoms with Crippen LogP contribution in [0.2, 0.25) is 5.02 Å². The van der Waals surface area contributed by atoms with Gasteiger partial charge < -0.3 is 10.1 Å². The average Bonchev–Trinajstić information content (AvgIpc) is 2.50. The number of amides is 1. The van der Waals surface area contributed by atoms with Crippen LogP contribution in [0.3, 0.4) is 0 Å². The summed E-state index contributed by atoms with van der Waals surface area (Å²) in [7, 11) is 0. The van der Waals surface area contributed by atoms with E-state index in [1.165, 1.54) is 12.1 Å². The average molecular weight is 319 g/mol. The van der Waals surface area contributed by atoms with Crippen LogP contribution in [-0.2, 0) is 4.74 Å². The molecule has 0 bridgehead atoms. The van der Waals surface area contributed by atoms with Crippen molar-refractivity contribution in [2.24, 2.45) is 0 Å². The molecule has 22 heavy (non-hydrogen) atoms. The van der Waals surface area contributed by atoms with E-state index in [4.69, 9.17) is 16.3 Å². The van der Waals surface area contributed by atoms with Crippen molar-refractivity contribution in [2.75, 3.05) is 11.9 Å². The summed E-state index contributed by atoms with van der Waals surface area (Å²) in [5, 5.41) is 3.33. The fourth-order valence-electron chi connectivity index (χ4n) is 1.83. The van der Waals surface area contributed by atoms with Crippen LogP contribution < -0.4 is 5.32 Å². The summed E-state index contributed by atoms with van der Waals surface area (Å²) in [6, 6.07) is 9.77. The number of esters is 1. The molecule has 1 heterocycles. The van der Waals surface area contributed by atoms with E-state index in [1.807, 2.05) is 6.92 Å². The lowest BCUT2D eigenvalue weighted by atomic mass is 10.2. The van der Waals surface area contributed by atoms with Gasteiger partial charge in [0.1, 0.15) is 11.4 Å². The number of benzene rings is 1. The highest BCUT2D eigenvalue weighted by atomic mass is 35.5. The van der Waals surface area contributed by atoms with Gasteiger partial charge in [-0.3, -0.25) is 4.79 Å². The van der Waals surface area contributed by atoms with Gasteiger partial charge in [0.15, 0.2) is 0 Å². The second-order valence-corrected chi connectivity index (χ2v) is 4.98. The number of rotatable bonds is 4. The van der Waals surface area contributed by atoms with E-state index in [1.54, 1.807) is 31.2 Å². The molecule has 0 saturated carbocycles. The Hall–Kier alpha value is -2.40. The summed E-state index contributed by atoms with van der Waals surface area (Å²) in [4.78, 5) is 27.9. The number of carbonyl (C=O) groups is 2. The number of ether oxygens (including phenoxy) is 1. The Morgan fingerprint density at radius 1 is 1.23 bits per heavy atom. The summed E-state index contributed by atoms with van der Waals surface area (Å²) in [5.41, 5.74) is 1.71.